The van der Waals surface area contributed by atoms with Gasteiger partial charge in [-0.15, -0.1) is 0 Å². The van der Waals surface area contributed by atoms with Gasteiger partial charge in [0, 0.05) is 17.4 Å². The number of halogens is 7. The van der Waals surface area contributed by atoms with Gasteiger partial charge in [0.1, 0.15) is 18.1 Å². The van der Waals surface area contributed by atoms with E-state index in [1.807, 2.05) is 0 Å². The number of aliphatic imine (C=N–C) groups is 1. The van der Waals surface area contributed by atoms with E-state index in [0.717, 1.165) is 25.1 Å². The zero-order valence-electron chi connectivity index (χ0n) is 15.5. The molecule has 6 nitrogen and oxygen atoms in total. The van der Waals surface area contributed by atoms with Crippen molar-refractivity contribution in [2.75, 3.05) is 11.9 Å². The van der Waals surface area contributed by atoms with Crippen LogP contribution in [-0.4, -0.2) is 29.4 Å². The third-order valence-corrected chi connectivity index (χ3v) is 4.85. The second-order valence-electron chi connectivity index (χ2n) is 6.70. The van der Waals surface area contributed by atoms with E-state index < -0.39 is 63.8 Å². The lowest BCUT2D eigenvalue weighted by Crippen LogP contribution is -2.53. The standard InChI is InChI=1S/C18H13ClF6N4O2/c1-16(17(21,22)7-28-15(26)31-16)10-5-9(2-3-12(10)20)29-14(30)13-11(19)4-8(6-27-13)18(23,24)25/h2-6H,7H2,1H3,(H2,26,28)(H,29,30)/t16-/m1/s1. The number of pyridine rings is 1. The van der Waals surface area contributed by atoms with E-state index in [4.69, 9.17) is 22.1 Å². The molecule has 1 atom stereocenters. The number of amides is 1. The van der Waals surface area contributed by atoms with Gasteiger partial charge in [0.25, 0.3) is 11.9 Å². The van der Waals surface area contributed by atoms with Crippen LogP contribution in [-0.2, 0) is 16.5 Å². The number of hydrogen-bond acceptors (Lipinski definition) is 5. The third-order valence-electron chi connectivity index (χ3n) is 4.56. The first-order valence-corrected chi connectivity index (χ1v) is 8.83. The molecule has 0 saturated carbocycles. The van der Waals surface area contributed by atoms with Crippen molar-refractivity contribution in [3.8, 4) is 0 Å². The number of rotatable bonds is 3. The maximum Gasteiger partial charge on any atom is 0.417 e. The zero-order chi connectivity index (χ0) is 23.2. The molecule has 0 saturated heterocycles. The van der Waals surface area contributed by atoms with Gasteiger partial charge in [0.05, 0.1) is 10.6 Å². The van der Waals surface area contributed by atoms with Gasteiger partial charge in [0.15, 0.2) is 0 Å². The largest absolute Gasteiger partial charge is 0.448 e. The van der Waals surface area contributed by atoms with E-state index in [0.29, 0.717) is 12.3 Å². The predicted molar refractivity (Wildman–Crippen MR) is 98.5 cm³/mol. The average molecular weight is 467 g/mol. The highest BCUT2D eigenvalue weighted by molar-refractivity contribution is 6.34. The summed E-state index contributed by atoms with van der Waals surface area (Å²) in [7, 11) is 0. The highest BCUT2D eigenvalue weighted by atomic mass is 35.5. The first-order chi connectivity index (χ1) is 14.2. The molecule has 1 amide bonds. The minimum absolute atomic E-state index is 0.166. The summed E-state index contributed by atoms with van der Waals surface area (Å²) in [5.74, 6) is -5.75. The smallest absolute Gasteiger partial charge is 0.417 e. The lowest BCUT2D eigenvalue weighted by molar-refractivity contribution is -0.173. The fourth-order valence-corrected chi connectivity index (χ4v) is 3.07. The van der Waals surface area contributed by atoms with E-state index >= 15 is 0 Å². The summed E-state index contributed by atoms with van der Waals surface area (Å²) >= 11 is 5.72. The van der Waals surface area contributed by atoms with Gasteiger partial charge in [0.2, 0.25) is 5.60 Å². The molecule has 13 heteroatoms. The molecular weight excluding hydrogens is 454 g/mol. The molecule has 2 heterocycles. The second-order valence-corrected chi connectivity index (χ2v) is 7.10. The minimum atomic E-state index is -4.72. The molecule has 0 unspecified atom stereocenters. The quantitative estimate of drug-likeness (QED) is 0.659. The number of hydrogen-bond donors (Lipinski definition) is 2. The summed E-state index contributed by atoms with van der Waals surface area (Å²) in [5, 5.41) is 1.63. The van der Waals surface area contributed by atoms with Crippen LogP contribution in [0.15, 0.2) is 35.5 Å². The van der Waals surface area contributed by atoms with Crippen molar-refractivity contribution in [1.29, 1.82) is 0 Å². The van der Waals surface area contributed by atoms with Crippen LogP contribution in [0.2, 0.25) is 5.02 Å². The summed E-state index contributed by atoms with van der Waals surface area (Å²) in [6, 6.07) is 2.69. The molecule has 0 aliphatic carbocycles. The average Bonchev–Trinajstić information content (AvgIpc) is 2.66. The molecule has 0 bridgehead atoms. The van der Waals surface area contributed by atoms with E-state index in [1.165, 1.54) is 0 Å². The summed E-state index contributed by atoms with van der Waals surface area (Å²) in [6.07, 6.45) is -4.31. The van der Waals surface area contributed by atoms with Gasteiger partial charge in [-0.1, -0.05) is 11.6 Å². The number of amidine groups is 1. The summed E-state index contributed by atoms with van der Waals surface area (Å²) < 4.78 is 86.4. The Morgan fingerprint density at radius 2 is 1.97 bits per heavy atom. The zero-order valence-corrected chi connectivity index (χ0v) is 16.3. The first kappa shape index (κ1) is 22.7. The molecule has 2 aromatic rings. The van der Waals surface area contributed by atoms with E-state index in [-0.39, 0.29) is 5.69 Å². The summed E-state index contributed by atoms with van der Waals surface area (Å²) in [5.41, 5.74) is 0.329. The summed E-state index contributed by atoms with van der Waals surface area (Å²) in [4.78, 5) is 19.1. The second kappa shape index (κ2) is 7.59. The third kappa shape index (κ3) is 4.24. The number of ether oxygens (including phenoxy) is 1. The van der Waals surface area contributed by atoms with E-state index in [1.54, 1.807) is 0 Å². The van der Waals surface area contributed by atoms with Crippen molar-refractivity contribution in [3.63, 3.8) is 0 Å². The van der Waals surface area contributed by atoms with Crippen LogP contribution in [0.25, 0.3) is 0 Å². The van der Waals surface area contributed by atoms with Gasteiger partial charge in [-0.2, -0.15) is 22.0 Å². The highest BCUT2D eigenvalue weighted by Crippen LogP contribution is 2.44. The van der Waals surface area contributed by atoms with Crippen molar-refractivity contribution in [1.82, 2.24) is 4.98 Å². The number of carbonyl (C=O) groups is 1. The molecule has 0 fully saturated rings. The van der Waals surface area contributed by atoms with Crippen LogP contribution in [0.4, 0.5) is 32.0 Å². The predicted octanol–water partition coefficient (Wildman–Crippen LogP) is 4.34. The maximum atomic E-state index is 14.5. The molecule has 3 N–H and O–H groups in total. The molecule has 1 aromatic heterocycles. The lowest BCUT2D eigenvalue weighted by atomic mass is 9.87. The van der Waals surface area contributed by atoms with Gasteiger partial charge in [-0.3, -0.25) is 4.79 Å². The van der Waals surface area contributed by atoms with Crippen LogP contribution in [0, 0.1) is 5.82 Å². The molecule has 1 aromatic carbocycles. The number of alkyl halides is 5. The Labute approximate surface area is 176 Å². The van der Waals surface area contributed by atoms with Crippen LogP contribution < -0.4 is 11.1 Å². The fraction of sp³-hybridized carbons (Fsp3) is 0.278. The van der Waals surface area contributed by atoms with Crippen molar-refractivity contribution in [2.45, 2.75) is 24.6 Å². The molecule has 0 spiro atoms. The number of benzene rings is 1. The SMILES string of the molecule is C[C@]1(c2cc(NC(=O)c3ncc(C(F)(F)F)cc3Cl)ccc2F)OC(N)=NCC1(F)F. The molecule has 0 radical (unpaired) electrons. The highest BCUT2D eigenvalue weighted by Gasteiger charge is 2.57. The van der Waals surface area contributed by atoms with E-state index in [9.17, 15) is 31.1 Å². The topological polar surface area (TPSA) is 89.6 Å². The first-order valence-electron chi connectivity index (χ1n) is 8.45. The van der Waals surface area contributed by atoms with Crippen molar-refractivity contribution < 1.29 is 35.9 Å². The maximum absolute atomic E-state index is 14.5. The Bertz CT molecular complexity index is 1080. The number of anilines is 1. The molecule has 1 aliphatic heterocycles. The molecule has 1 aliphatic rings. The van der Waals surface area contributed by atoms with Gasteiger partial charge in [-0.05, 0) is 31.2 Å². The normalized spacial score (nSPS) is 20.6. The summed E-state index contributed by atoms with van der Waals surface area (Å²) in [6.45, 7) is -0.136. The lowest BCUT2D eigenvalue weighted by Gasteiger charge is -2.39. The Morgan fingerprint density at radius 1 is 1.29 bits per heavy atom. The van der Waals surface area contributed by atoms with Crippen molar-refractivity contribution >= 4 is 29.2 Å². The number of aromatic nitrogens is 1. The number of nitrogens with one attached hydrogen (secondary N) is 1. The van der Waals surface area contributed by atoms with Crippen LogP contribution in [0.5, 0.6) is 0 Å². The number of nitrogens with two attached hydrogens (primary N) is 1. The molecule has 31 heavy (non-hydrogen) atoms. The van der Waals surface area contributed by atoms with Gasteiger partial charge in [-0.25, -0.2) is 14.4 Å². The van der Waals surface area contributed by atoms with Crippen LogP contribution >= 0.6 is 11.6 Å². The Kier molecular flexibility index (Phi) is 5.55. The minimum Gasteiger partial charge on any atom is -0.448 e. The Morgan fingerprint density at radius 3 is 2.58 bits per heavy atom. The molecule has 166 valence electrons. The van der Waals surface area contributed by atoms with Crippen molar-refractivity contribution in [3.05, 3.63) is 58.1 Å². The number of carbonyl (C=O) groups excluding carboxylic acids is 1. The number of nitrogens with zero attached hydrogens (tertiary/aromatic N) is 2. The van der Waals surface area contributed by atoms with Crippen LogP contribution in [0.3, 0.4) is 0 Å². The van der Waals surface area contributed by atoms with Crippen LogP contribution in [0.1, 0.15) is 28.5 Å². The van der Waals surface area contributed by atoms with Gasteiger partial charge >= 0.3 is 12.1 Å². The van der Waals surface area contributed by atoms with Gasteiger partial charge < -0.3 is 15.8 Å². The molecule has 3 rings (SSSR count). The Hall–Kier alpha value is -3.02. The van der Waals surface area contributed by atoms with E-state index in [2.05, 4.69) is 15.3 Å². The fourth-order valence-electron chi connectivity index (χ4n) is 2.82. The van der Waals surface area contributed by atoms with Crippen molar-refractivity contribution in [2.24, 2.45) is 10.7 Å². The monoisotopic (exact) mass is 466 g/mol. The Balaban J connectivity index is 1.93. The molecular formula is C18H13ClF6N4O2.